The SMILES string of the molecule is CN=C(NCCCN1CCCC(C)C1)N1CCN(C(=O)c2ccco2)CC1.I. The largest absolute Gasteiger partial charge is 0.459 e. The van der Waals surface area contributed by atoms with E-state index in [2.05, 4.69) is 27.0 Å². The van der Waals surface area contributed by atoms with Crippen molar-refractivity contribution in [3.05, 3.63) is 24.2 Å². The van der Waals surface area contributed by atoms with E-state index < -0.39 is 0 Å². The van der Waals surface area contributed by atoms with Crippen LogP contribution in [0.25, 0.3) is 0 Å². The minimum absolute atomic E-state index is 0. The van der Waals surface area contributed by atoms with E-state index in [9.17, 15) is 4.79 Å². The molecular formula is C20H34IN5O2. The van der Waals surface area contributed by atoms with E-state index in [-0.39, 0.29) is 29.9 Å². The van der Waals surface area contributed by atoms with Gasteiger partial charge in [-0.15, -0.1) is 24.0 Å². The van der Waals surface area contributed by atoms with Crippen LogP contribution in [-0.4, -0.2) is 86.0 Å². The number of nitrogens with zero attached hydrogens (tertiary/aromatic N) is 4. The van der Waals surface area contributed by atoms with Crippen molar-refractivity contribution < 1.29 is 9.21 Å². The highest BCUT2D eigenvalue weighted by Gasteiger charge is 2.25. The van der Waals surface area contributed by atoms with Crippen molar-refractivity contribution in [1.29, 1.82) is 0 Å². The standard InChI is InChI=1S/C20H33N5O2.HI/c1-17-6-3-9-23(16-17)10-5-8-22-20(21-2)25-13-11-24(12-14-25)19(26)18-7-4-15-27-18;/h4,7,15,17H,3,5-6,8-14,16H2,1-2H3,(H,21,22);1H. The highest BCUT2D eigenvalue weighted by molar-refractivity contribution is 14.0. The van der Waals surface area contributed by atoms with Gasteiger partial charge in [0.15, 0.2) is 11.7 Å². The summed E-state index contributed by atoms with van der Waals surface area (Å²) in [5, 5.41) is 3.49. The Bertz CT molecular complexity index is 614. The van der Waals surface area contributed by atoms with Gasteiger partial charge in [-0.1, -0.05) is 6.92 Å². The van der Waals surface area contributed by atoms with Gasteiger partial charge in [0.1, 0.15) is 0 Å². The summed E-state index contributed by atoms with van der Waals surface area (Å²) in [7, 11) is 1.83. The molecule has 0 aliphatic carbocycles. The number of likely N-dealkylation sites (tertiary alicyclic amines) is 1. The molecule has 8 heteroatoms. The van der Waals surface area contributed by atoms with Gasteiger partial charge in [0.2, 0.25) is 0 Å². The van der Waals surface area contributed by atoms with E-state index >= 15 is 0 Å². The molecule has 0 spiro atoms. The summed E-state index contributed by atoms with van der Waals surface area (Å²) < 4.78 is 5.22. The van der Waals surface area contributed by atoms with E-state index in [1.165, 1.54) is 25.9 Å². The molecule has 0 bridgehead atoms. The van der Waals surface area contributed by atoms with Gasteiger partial charge in [-0.05, 0) is 50.4 Å². The monoisotopic (exact) mass is 503 g/mol. The number of piperazine rings is 1. The van der Waals surface area contributed by atoms with Gasteiger partial charge in [-0.3, -0.25) is 9.79 Å². The van der Waals surface area contributed by atoms with Gasteiger partial charge in [-0.2, -0.15) is 0 Å². The van der Waals surface area contributed by atoms with Gasteiger partial charge >= 0.3 is 0 Å². The zero-order valence-corrected chi connectivity index (χ0v) is 19.4. The predicted molar refractivity (Wildman–Crippen MR) is 122 cm³/mol. The minimum Gasteiger partial charge on any atom is -0.459 e. The first kappa shape index (κ1) is 23.0. The molecule has 1 unspecified atom stereocenters. The van der Waals surface area contributed by atoms with Gasteiger partial charge < -0.3 is 24.4 Å². The van der Waals surface area contributed by atoms with Crippen LogP contribution in [0.15, 0.2) is 27.8 Å². The Morgan fingerprint density at radius 1 is 1.25 bits per heavy atom. The van der Waals surface area contributed by atoms with Crippen LogP contribution in [0.1, 0.15) is 36.7 Å². The van der Waals surface area contributed by atoms with Crippen LogP contribution in [0.2, 0.25) is 0 Å². The predicted octanol–water partition coefficient (Wildman–Crippen LogP) is 2.35. The fourth-order valence-electron chi connectivity index (χ4n) is 4.00. The van der Waals surface area contributed by atoms with Crippen LogP contribution in [0.5, 0.6) is 0 Å². The molecule has 2 saturated heterocycles. The first-order valence-corrected chi connectivity index (χ1v) is 10.2. The topological polar surface area (TPSA) is 64.3 Å². The Morgan fingerprint density at radius 2 is 2.00 bits per heavy atom. The van der Waals surface area contributed by atoms with Gasteiger partial charge in [0.05, 0.1) is 6.26 Å². The molecule has 1 aromatic heterocycles. The van der Waals surface area contributed by atoms with Crippen molar-refractivity contribution >= 4 is 35.8 Å². The Morgan fingerprint density at radius 3 is 2.64 bits per heavy atom. The van der Waals surface area contributed by atoms with Crippen molar-refractivity contribution in [2.45, 2.75) is 26.2 Å². The molecule has 2 aliphatic rings. The Balaban J connectivity index is 0.00000280. The second-order valence-corrected chi connectivity index (χ2v) is 7.63. The van der Waals surface area contributed by atoms with E-state index in [1.807, 2.05) is 11.9 Å². The number of nitrogens with one attached hydrogen (secondary N) is 1. The van der Waals surface area contributed by atoms with Crippen LogP contribution < -0.4 is 5.32 Å². The fraction of sp³-hybridized carbons (Fsp3) is 0.700. The van der Waals surface area contributed by atoms with Crippen LogP contribution in [0.3, 0.4) is 0 Å². The first-order chi connectivity index (χ1) is 13.2. The molecule has 1 amide bonds. The van der Waals surface area contributed by atoms with Crippen molar-refractivity contribution in [2.24, 2.45) is 10.9 Å². The number of carbonyl (C=O) groups is 1. The summed E-state index contributed by atoms with van der Waals surface area (Å²) in [5.41, 5.74) is 0. The lowest BCUT2D eigenvalue weighted by molar-refractivity contribution is 0.0657. The van der Waals surface area contributed by atoms with Crippen molar-refractivity contribution in [3.8, 4) is 0 Å². The van der Waals surface area contributed by atoms with Gasteiger partial charge in [0.25, 0.3) is 5.91 Å². The summed E-state index contributed by atoms with van der Waals surface area (Å²) in [6, 6.07) is 3.47. The Labute approximate surface area is 185 Å². The molecule has 0 radical (unpaired) electrons. The number of hydrogen-bond donors (Lipinski definition) is 1. The van der Waals surface area contributed by atoms with Gasteiger partial charge in [-0.25, -0.2) is 0 Å². The summed E-state index contributed by atoms with van der Waals surface area (Å²) in [6.07, 6.45) is 5.37. The average molecular weight is 503 g/mol. The first-order valence-electron chi connectivity index (χ1n) is 10.2. The number of furan rings is 1. The quantitative estimate of drug-likeness (QED) is 0.289. The van der Waals surface area contributed by atoms with Gasteiger partial charge in [0, 0.05) is 46.3 Å². The molecule has 2 fully saturated rings. The smallest absolute Gasteiger partial charge is 0.289 e. The molecular weight excluding hydrogens is 469 g/mol. The lowest BCUT2D eigenvalue weighted by atomic mass is 10.0. The Kier molecular flexibility index (Phi) is 9.57. The van der Waals surface area contributed by atoms with Crippen LogP contribution in [0.4, 0.5) is 0 Å². The maximum atomic E-state index is 12.4. The summed E-state index contributed by atoms with van der Waals surface area (Å²) >= 11 is 0. The van der Waals surface area contributed by atoms with E-state index in [0.717, 1.165) is 44.5 Å². The highest BCUT2D eigenvalue weighted by atomic mass is 127. The third-order valence-corrected chi connectivity index (χ3v) is 5.49. The second kappa shape index (κ2) is 11.6. The molecule has 3 rings (SSSR count). The van der Waals surface area contributed by atoms with Crippen LogP contribution >= 0.6 is 24.0 Å². The number of halogens is 1. The zero-order valence-electron chi connectivity index (χ0n) is 17.1. The second-order valence-electron chi connectivity index (χ2n) is 7.63. The molecule has 1 atom stereocenters. The van der Waals surface area contributed by atoms with Crippen molar-refractivity contribution in [3.63, 3.8) is 0 Å². The molecule has 158 valence electrons. The number of aliphatic imine (C=N–C) groups is 1. The maximum absolute atomic E-state index is 12.4. The van der Waals surface area contributed by atoms with E-state index in [1.54, 1.807) is 18.4 Å². The molecule has 1 N–H and O–H groups in total. The number of guanidine groups is 1. The molecule has 2 aliphatic heterocycles. The number of carbonyl (C=O) groups excluding carboxylic acids is 1. The van der Waals surface area contributed by atoms with E-state index in [4.69, 9.17) is 4.42 Å². The van der Waals surface area contributed by atoms with E-state index in [0.29, 0.717) is 18.8 Å². The lowest BCUT2D eigenvalue weighted by Crippen LogP contribution is -2.54. The third kappa shape index (κ3) is 6.37. The van der Waals surface area contributed by atoms with Crippen LogP contribution in [-0.2, 0) is 0 Å². The number of hydrogen-bond acceptors (Lipinski definition) is 4. The number of piperidine rings is 1. The third-order valence-electron chi connectivity index (χ3n) is 5.49. The lowest BCUT2D eigenvalue weighted by Gasteiger charge is -2.36. The number of amides is 1. The highest BCUT2D eigenvalue weighted by Crippen LogP contribution is 2.15. The molecule has 28 heavy (non-hydrogen) atoms. The average Bonchev–Trinajstić information content (AvgIpc) is 3.23. The molecule has 7 nitrogen and oxygen atoms in total. The molecule has 0 saturated carbocycles. The summed E-state index contributed by atoms with van der Waals surface area (Å²) in [6.45, 7) is 9.86. The number of rotatable bonds is 5. The van der Waals surface area contributed by atoms with Crippen molar-refractivity contribution in [2.75, 3.05) is 59.4 Å². The van der Waals surface area contributed by atoms with Crippen molar-refractivity contribution in [1.82, 2.24) is 20.0 Å². The normalized spacial score (nSPS) is 21.4. The molecule has 1 aromatic rings. The maximum Gasteiger partial charge on any atom is 0.289 e. The van der Waals surface area contributed by atoms with Crippen LogP contribution in [0, 0.1) is 5.92 Å². The summed E-state index contributed by atoms with van der Waals surface area (Å²) in [5.74, 6) is 2.16. The molecule has 0 aromatic carbocycles. The summed E-state index contributed by atoms with van der Waals surface area (Å²) in [4.78, 5) is 23.4. The zero-order chi connectivity index (χ0) is 19.1. The molecule has 3 heterocycles. The minimum atomic E-state index is -0.0293. The Hall–Kier alpha value is -1.29. The fourth-order valence-corrected chi connectivity index (χ4v) is 4.00.